The van der Waals surface area contributed by atoms with E-state index in [0.717, 1.165) is 11.3 Å². The van der Waals surface area contributed by atoms with Gasteiger partial charge in [-0.1, -0.05) is 0 Å². The summed E-state index contributed by atoms with van der Waals surface area (Å²) in [5, 5.41) is 0. The maximum atomic E-state index is 11.6. The number of carbonyl (C=O) groups is 1. The number of hydrogen-bond donors (Lipinski definition) is 0. The molecule has 3 heteroatoms. The summed E-state index contributed by atoms with van der Waals surface area (Å²) in [6, 6.07) is 3.62. The average molecular weight is 202 g/mol. The lowest BCUT2D eigenvalue weighted by Crippen LogP contribution is -2.17. The third kappa shape index (κ3) is 1.23. The number of ether oxygens (including phenoxy) is 2. The van der Waals surface area contributed by atoms with Gasteiger partial charge in [0.05, 0.1) is 17.7 Å². The topological polar surface area (TPSA) is 35.5 Å². The normalized spacial score (nSPS) is 17.5. The smallest absolute Gasteiger partial charge is 0.170 e. The Morgan fingerprint density at radius 3 is 3.07 bits per heavy atom. The van der Waals surface area contributed by atoms with Crippen molar-refractivity contribution in [2.75, 3.05) is 13.2 Å². The van der Waals surface area contributed by atoms with Gasteiger partial charge in [0.15, 0.2) is 5.78 Å². The second-order valence-electron chi connectivity index (χ2n) is 3.59. The second kappa shape index (κ2) is 3.12. The van der Waals surface area contributed by atoms with Gasteiger partial charge in [-0.15, -0.1) is 0 Å². The Balaban J connectivity index is 2.23. The lowest BCUT2D eigenvalue weighted by Gasteiger charge is -2.22. The molecule has 0 spiro atoms. The van der Waals surface area contributed by atoms with E-state index >= 15 is 0 Å². The molecule has 2 aliphatic rings. The van der Waals surface area contributed by atoms with Gasteiger partial charge >= 0.3 is 0 Å². The number of carbonyl (C=O) groups excluding carboxylic acids is 1. The highest BCUT2D eigenvalue weighted by Crippen LogP contribution is 2.37. The van der Waals surface area contributed by atoms with E-state index in [-0.39, 0.29) is 5.78 Å². The van der Waals surface area contributed by atoms with E-state index in [2.05, 4.69) is 0 Å². The molecule has 0 amide bonds. The van der Waals surface area contributed by atoms with Crippen LogP contribution in [0.3, 0.4) is 0 Å². The zero-order chi connectivity index (χ0) is 10.3. The molecule has 2 heterocycles. The highest BCUT2D eigenvalue weighted by molar-refractivity contribution is 6.01. The third-order valence-electron chi connectivity index (χ3n) is 2.65. The molecule has 3 rings (SSSR count). The van der Waals surface area contributed by atoms with Gasteiger partial charge in [-0.2, -0.15) is 0 Å². The first kappa shape index (κ1) is 8.53. The monoisotopic (exact) mass is 202 g/mol. The Hall–Kier alpha value is -1.77. The molecule has 0 aliphatic carbocycles. The summed E-state index contributed by atoms with van der Waals surface area (Å²) in [4.78, 5) is 11.6. The maximum Gasteiger partial charge on any atom is 0.170 e. The van der Waals surface area contributed by atoms with E-state index in [4.69, 9.17) is 9.47 Å². The fraction of sp³-hybridized carbons (Fsp3) is 0.250. The van der Waals surface area contributed by atoms with Gasteiger partial charge in [-0.05, 0) is 24.3 Å². The summed E-state index contributed by atoms with van der Waals surface area (Å²) < 4.78 is 11.0. The van der Waals surface area contributed by atoms with Crippen LogP contribution in [0.4, 0.5) is 0 Å². The molecule has 0 N–H and O–H groups in total. The highest BCUT2D eigenvalue weighted by atomic mass is 16.5. The molecular formula is C12H10O3. The van der Waals surface area contributed by atoms with Crippen LogP contribution in [0.5, 0.6) is 11.5 Å². The van der Waals surface area contributed by atoms with Crippen LogP contribution in [0.2, 0.25) is 0 Å². The third-order valence-corrected chi connectivity index (χ3v) is 2.65. The summed E-state index contributed by atoms with van der Waals surface area (Å²) in [6.45, 7) is 1.05. The maximum absolute atomic E-state index is 11.6. The molecule has 0 aromatic heterocycles. The van der Waals surface area contributed by atoms with Crippen LogP contribution in [0, 0.1) is 0 Å². The van der Waals surface area contributed by atoms with Crippen molar-refractivity contribution in [1.29, 1.82) is 0 Å². The largest absolute Gasteiger partial charge is 0.492 e. The Morgan fingerprint density at radius 2 is 2.13 bits per heavy atom. The van der Waals surface area contributed by atoms with Crippen molar-refractivity contribution in [3.05, 3.63) is 29.3 Å². The lowest BCUT2D eigenvalue weighted by atomic mass is 9.99. The molecule has 3 nitrogen and oxygen atoms in total. The van der Waals surface area contributed by atoms with Crippen molar-refractivity contribution in [1.82, 2.24) is 0 Å². The van der Waals surface area contributed by atoms with Crippen LogP contribution in [0.25, 0.3) is 6.08 Å². The predicted octanol–water partition coefficient (Wildman–Crippen LogP) is 2.06. The Bertz CT molecular complexity index is 460. The van der Waals surface area contributed by atoms with Gasteiger partial charge in [0.1, 0.15) is 18.1 Å². The molecular weight excluding hydrogens is 192 g/mol. The SMILES string of the molecule is O=C1CCOc2c1ccc1c2C=CCO1. The molecule has 76 valence electrons. The van der Waals surface area contributed by atoms with Crippen molar-refractivity contribution >= 4 is 11.9 Å². The van der Waals surface area contributed by atoms with Gasteiger partial charge in [-0.25, -0.2) is 0 Å². The standard InChI is InChI=1S/C12H10O3/c13-10-5-7-15-12-8(10)3-4-11-9(12)2-1-6-14-11/h1-4H,5-7H2. The zero-order valence-corrected chi connectivity index (χ0v) is 8.16. The molecule has 1 aromatic carbocycles. The fourth-order valence-corrected chi connectivity index (χ4v) is 1.92. The summed E-state index contributed by atoms with van der Waals surface area (Å²) >= 11 is 0. The van der Waals surface area contributed by atoms with Crippen LogP contribution >= 0.6 is 0 Å². The van der Waals surface area contributed by atoms with E-state index in [0.29, 0.717) is 30.9 Å². The van der Waals surface area contributed by atoms with Crippen molar-refractivity contribution in [3.63, 3.8) is 0 Å². The fourth-order valence-electron chi connectivity index (χ4n) is 1.92. The van der Waals surface area contributed by atoms with Gasteiger partial charge in [-0.3, -0.25) is 4.79 Å². The van der Waals surface area contributed by atoms with Crippen LogP contribution in [-0.2, 0) is 0 Å². The van der Waals surface area contributed by atoms with Crippen LogP contribution in [0.1, 0.15) is 22.3 Å². The minimum absolute atomic E-state index is 0.151. The number of fused-ring (bicyclic) bond motifs is 3. The van der Waals surface area contributed by atoms with Gasteiger partial charge < -0.3 is 9.47 Å². The van der Waals surface area contributed by atoms with E-state index in [1.807, 2.05) is 18.2 Å². The quantitative estimate of drug-likeness (QED) is 0.646. The molecule has 0 saturated heterocycles. The zero-order valence-electron chi connectivity index (χ0n) is 8.16. The Labute approximate surface area is 87.3 Å². The van der Waals surface area contributed by atoms with E-state index in [1.54, 1.807) is 6.07 Å². The molecule has 0 saturated carbocycles. The van der Waals surface area contributed by atoms with Crippen LogP contribution < -0.4 is 9.47 Å². The number of hydrogen-bond acceptors (Lipinski definition) is 3. The number of rotatable bonds is 0. The molecule has 15 heavy (non-hydrogen) atoms. The first-order valence-corrected chi connectivity index (χ1v) is 4.98. The molecule has 0 fully saturated rings. The van der Waals surface area contributed by atoms with Crippen molar-refractivity contribution < 1.29 is 14.3 Å². The molecule has 2 aliphatic heterocycles. The van der Waals surface area contributed by atoms with E-state index in [1.165, 1.54) is 0 Å². The number of Topliss-reactive ketones (excluding diaryl/α,β-unsaturated/α-hetero) is 1. The van der Waals surface area contributed by atoms with E-state index in [9.17, 15) is 4.79 Å². The molecule has 0 unspecified atom stereocenters. The summed E-state index contributed by atoms with van der Waals surface area (Å²) in [7, 11) is 0. The predicted molar refractivity (Wildman–Crippen MR) is 55.4 cm³/mol. The average Bonchev–Trinajstić information content (AvgIpc) is 2.29. The van der Waals surface area contributed by atoms with Gasteiger partial charge in [0.2, 0.25) is 0 Å². The minimum Gasteiger partial charge on any atom is -0.492 e. The van der Waals surface area contributed by atoms with Crippen molar-refractivity contribution in [3.8, 4) is 11.5 Å². The Morgan fingerprint density at radius 1 is 1.20 bits per heavy atom. The van der Waals surface area contributed by atoms with Gasteiger partial charge in [0.25, 0.3) is 0 Å². The van der Waals surface area contributed by atoms with Gasteiger partial charge in [0, 0.05) is 6.42 Å². The first-order chi connectivity index (χ1) is 7.36. The summed E-state index contributed by atoms with van der Waals surface area (Å²) in [5.74, 6) is 1.63. The summed E-state index contributed by atoms with van der Waals surface area (Å²) in [6.07, 6.45) is 4.34. The lowest BCUT2D eigenvalue weighted by molar-refractivity contribution is 0.0933. The Kier molecular flexibility index (Phi) is 1.78. The summed E-state index contributed by atoms with van der Waals surface area (Å²) in [5.41, 5.74) is 1.57. The second-order valence-corrected chi connectivity index (χ2v) is 3.59. The molecule has 1 aromatic rings. The van der Waals surface area contributed by atoms with Crippen LogP contribution in [0.15, 0.2) is 18.2 Å². The molecule has 0 radical (unpaired) electrons. The van der Waals surface area contributed by atoms with Crippen molar-refractivity contribution in [2.45, 2.75) is 6.42 Å². The number of ketones is 1. The molecule has 0 atom stereocenters. The van der Waals surface area contributed by atoms with Crippen molar-refractivity contribution in [2.24, 2.45) is 0 Å². The molecule has 0 bridgehead atoms. The minimum atomic E-state index is 0.151. The number of benzene rings is 1. The highest BCUT2D eigenvalue weighted by Gasteiger charge is 2.23. The van der Waals surface area contributed by atoms with Crippen LogP contribution in [-0.4, -0.2) is 19.0 Å². The van der Waals surface area contributed by atoms with E-state index < -0.39 is 0 Å². The first-order valence-electron chi connectivity index (χ1n) is 4.98.